The molecule has 1 saturated carbocycles. The molecule has 2 rings (SSSR count). The molecular weight excluding hydrogens is 495 g/mol. The Bertz CT molecular complexity index is 741. The molecular formula is C19H26ClIN4O3. The van der Waals surface area contributed by atoms with Crippen molar-refractivity contribution in [3.05, 3.63) is 41.5 Å². The number of rotatable bonds is 7. The van der Waals surface area contributed by atoms with Crippen molar-refractivity contribution < 1.29 is 15.3 Å². The van der Waals surface area contributed by atoms with Crippen molar-refractivity contribution in [2.75, 3.05) is 13.3 Å². The maximum Gasteiger partial charge on any atom is 0.217 e. The van der Waals surface area contributed by atoms with Crippen LogP contribution in [0, 0.1) is 12.8 Å². The highest BCUT2D eigenvalue weighted by Crippen LogP contribution is 2.32. The summed E-state index contributed by atoms with van der Waals surface area (Å²) < 4.78 is -0.173. The molecule has 0 bridgehead atoms. The molecule has 9 heteroatoms. The van der Waals surface area contributed by atoms with Crippen LogP contribution in [0.3, 0.4) is 0 Å². The molecule has 154 valence electrons. The van der Waals surface area contributed by atoms with Crippen LogP contribution >= 0.6 is 34.2 Å². The summed E-state index contributed by atoms with van der Waals surface area (Å²) in [5, 5.41) is 32.7. The van der Waals surface area contributed by atoms with Gasteiger partial charge in [0.2, 0.25) is 5.96 Å². The molecule has 0 saturated heterocycles. The Hall–Kier alpha value is -1.04. The Morgan fingerprint density at radius 2 is 2.14 bits per heavy atom. The number of allylic oxidation sites excluding steroid dienone is 1. The molecule has 1 aliphatic rings. The summed E-state index contributed by atoms with van der Waals surface area (Å²) in [6.45, 7) is 1.83. The Morgan fingerprint density at radius 3 is 2.75 bits per heavy atom. The van der Waals surface area contributed by atoms with Gasteiger partial charge in [-0.3, -0.25) is 5.32 Å². The molecule has 1 aromatic carbocycles. The molecule has 4 atom stereocenters. The van der Waals surface area contributed by atoms with Crippen LogP contribution in [0.5, 0.6) is 0 Å². The van der Waals surface area contributed by atoms with Crippen molar-refractivity contribution in [3.8, 4) is 0 Å². The molecule has 0 spiro atoms. The Morgan fingerprint density at radius 1 is 1.46 bits per heavy atom. The Kier molecular flexibility index (Phi) is 8.84. The second-order valence-corrected chi connectivity index (χ2v) is 8.54. The third-order valence-electron chi connectivity index (χ3n) is 4.68. The first kappa shape index (κ1) is 23.2. The number of nitrogens with two attached hydrogens (primary N) is 1. The number of hydrogen-bond donors (Lipinski definition) is 5. The number of aliphatic hydroxyl groups excluding tert-OH is 2. The minimum Gasteiger partial charge on any atom is -0.396 e. The average molecular weight is 521 g/mol. The van der Waals surface area contributed by atoms with Gasteiger partial charge in [-0.1, -0.05) is 76.2 Å². The molecule has 1 aromatic rings. The summed E-state index contributed by atoms with van der Waals surface area (Å²) in [5.41, 5.74) is 6.54. The van der Waals surface area contributed by atoms with Gasteiger partial charge in [-0.15, -0.1) is 0 Å². The fourth-order valence-electron chi connectivity index (χ4n) is 2.90. The van der Waals surface area contributed by atoms with E-state index in [9.17, 15) is 15.3 Å². The van der Waals surface area contributed by atoms with Gasteiger partial charge in [0.15, 0.2) is 0 Å². The molecule has 28 heavy (non-hydrogen) atoms. The lowest BCUT2D eigenvalue weighted by molar-refractivity contribution is -0.0944. The lowest BCUT2D eigenvalue weighted by Crippen LogP contribution is -2.53. The molecule has 6 N–H and O–H groups in total. The molecule has 1 fully saturated rings. The van der Waals surface area contributed by atoms with Crippen molar-refractivity contribution in [2.45, 2.75) is 35.5 Å². The summed E-state index contributed by atoms with van der Waals surface area (Å²) >= 11 is 8.35. The maximum atomic E-state index is 10.4. The zero-order valence-corrected chi connectivity index (χ0v) is 18.5. The monoisotopic (exact) mass is 520 g/mol. The van der Waals surface area contributed by atoms with Gasteiger partial charge in [0.1, 0.15) is 17.0 Å². The maximum absolute atomic E-state index is 10.4. The highest BCUT2D eigenvalue weighted by Gasteiger charge is 2.45. The quantitative estimate of drug-likeness (QED) is 0.123. The van der Waals surface area contributed by atoms with E-state index in [0.717, 1.165) is 5.56 Å². The molecule has 1 aliphatic carbocycles. The van der Waals surface area contributed by atoms with E-state index in [2.05, 4.69) is 37.9 Å². The zero-order valence-electron chi connectivity index (χ0n) is 15.6. The Labute approximate surface area is 183 Å². The first-order valence-electron chi connectivity index (χ1n) is 8.94. The van der Waals surface area contributed by atoms with E-state index < -0.39 is 11.8 Å². The largest absolute Gasteiger partial charge is 0.396 e. The fraction of sp³-hybridized carbons (Fsp3) is 0.474. The van der Waals surface area contributed by atoms with E-state index in [1.54, 1.807) is 0 Å². The third kappa shape index (κ3) is 6.50. The van der Waals surface area contributed by atoms with Crippen molar-refractivity contribution in [2.24, 2.45) is 21.6 Å². The lowest BCUT2D eigenvalue weighted by Gasteiger charge is -2.28. The van der Waals surface area contributed by atoms with Gasteiger partial charge >= 0.3 is 0 Å². The van der Waals surface area contributed by atoms with Crippen LogP contribution < -0.4 is 11.1 Å². The number of alkyl halides is 1. The highest BCUT2D eigenvalue weighted by molar-refractivity contribution is 14.1. The van der Waals surface area contributed by atoms with Gasteiger partial charge in [0.05, 0.1) is 10.6 Å². The number of hydrogen-bond acceptors (Lipinski definition) is 5. The van der Waals surface area contributed by atoms with Crippen LogP contribution in [0.1, 0.15) is 24.0 Å². The van der Waals surface area contributed by atoms with Crippen LogP contribution in [0.4, 0.5) is 0 Å². The van der Waals surface area contributed by atoms with Gasteiger partial charge in [-0.05, 0) is 25.3 Å². The predicted octanol–water partition coefficient (Wildman–Crippen LogP) is 1.76. The van der Waals surface area contributed by atoms with Crippen LogP contribution in [0.15, 0.2) is 40.3 Å². The van der Waals surface area contributed by atoms with Crippen molar-refractivity contribution in [3.63, 3.8) is 0 Å². The number of aliphatic imine (C=N–C) groups is 2. The molecule has 0 unspecified atom stereocenters. The third-order valence-corrected chi connectivity index (χ3v) is 6.37. The van der Waals surface area contributed by atoms with E-state index in [0.29, 0.717) is 12.8 Å². The average Bonchev–Trinajstić information content (AvgIpc) is 2.95. The molecule has 0 aromatic heterocycles. The van der Waals surface area contributed by atoms with Crippen LogP contribution in [-0.2, 0) is 0 Å². The number of nitrogens with zero attached hydrogens (tertiary/aromatic N) is 2. The summed E-state index contributed by atoms with van der Waals surface area (Å²) in [6.07, 6.45) is 3.64. The van der Waals surface area contributed by atoms with Gasteiger partial charge in [0.25, 0.3) is 0 Å². The topological polar surface area (TPSA) is 123 Å². The molecule has 0 radical (unpaired) electrons. The summed E-state index contributed by atoms with van der Waals surface area (Å²) in [4.78, 5) is 8.09. The van der Waals surface area contributed by atoms with E-state index in [1.807, 2.05) is 43.3 Å². The van der Waals surface area contributed by atoms with Crippen molar-refractivity contribution in [1.29, 1.82) is 0 Å². The van der Waals surface area contributed by atoms with E-state index in [1.165, 1.54) is 5.56 Å². The molecule has 0 heterocycles. The van der Waals surface area contributed by atoms with Gasteiger partial charge in [0, 0.05) is 12.5 Å². The zero-order chi connectivity index (χ0) is 20.7. The molecule has 0 amide bonds. The number of aryl methyl sites for hydroxylation is 1. The number of aliphatic hydroxyl groups is 3. The van der Waals surface area contributed by atoms with Crippen LogP contribution in [0.2, 0.25) is 0 Å². The normalized spacial score (nSPS) is 27.5. The number of benzene rings is 1. The van der Waals surface area contributed by atoms with Gasteiger partial charge in [-0.25, -0.2) is 9.98 Å². The summed E-state index contributed by atoms with van der Waals surface area (Å²) in [5.74, 6) is -0.385. The van der Waals surface area contributed by atoms with Crippen LogP contribution in [-0.4, -0.2) is 55.5 Å². The smallest absolute Gasteiger partial charge is 0.217 e. The van der Waals surface area contributed by atoms with Crippen LogP contribution in [0.25, 0.3) is 6.08 Å². The van der Waals surface area contributed by atoms with Gasteiger partial charge in [-0.2, -0.15) is 0 Å². The second-order valence-electron chi connectivity index (χ2n) is 6.81. The minimum absolute atomic E-state index is 0.0299. The lowest BCUT2D eigenvalue weighted by atomic mass is 10.0. The number of guanidine groups is 1. The van der Waals surface area contributed by atoms with E-state index >= 15 is 0 Å². The van der Waals surface area contributed by atoms with Crippen molar-refractivity contribution >= 4 is 51.4 Å². The fourth-order valence-corrected chi connectivity index (χ4v) is 3.41. The minimum atomic E-state index is -1.49. The standard InChI is InChI=1S/C19H26ClIN4O3/c1-12-2-4-13(5-3-12)6-7-15(21)17(20)25-18(22)23-11-24-19(28)9-8-14(10-26)16(19)27/h2-7,14-16,24,26-28H,8-11H2,1H3,(H2,22,23)/b7-6+,25-17?/t14-,15-,16-,19+/m1/s1. The number of nitrogens with one attached hydrogen (secondary N) is 1. The van der Waals surface area contributed by atoms with E-state index in [4.69, 9.17) is 17.3 Å². The number of halogens is 2. The summed E-state index contributed by atoms with van der Waals surface area (Å²) in [7, 11) is 0. The molecule has 0 aliphatic heterocycles. The second kappa shape index (κ2) is 10.7. The Balaban J connectivity index is 1.89. The predicted molar refractivity (Wildman–Crippen MR) is 122 cm³/mol. The first-order chi connectivity index (χ1) is 13.2. The first-order valence-corrected chi connectivity index (χ1v) is 10.6. The SMILES string of the molecule is Cc1ccc(/C=C/[C@@H](I)C(Cl)=NC(N)=NCN[C@]2(O)CC[C@H](CO)[C@H]2O)cc1. The summed E-state index contributed by atoms with van der Waals surface area (Å²) in [6, 6.07) is 8.11. The van der Waals surface area contributed by atoms with E-state index in [-0.39, 0.29) is 34.2 Å². The van der Waals surface area contributed by atoms with Gasteiger partial charge < -0.3 is 21.1 Å². The highest BCUT2D eigenvalue weighted by atomic mass is 127. The van der Waals surface area contributed by atoms with Crippen molar-refractivity contribution in [1.82, 2.24) is 5.32 Å². The molecule has 7 nitrogen and oxygen atoms in total.